The quantitative estimate of drug-likeness (QED) is 0.383. The number of benzene rings is 2. The summed E-state index contributed by atoms with van der Waals surface area (Å²) in [5, 5.41) is 5.43. The van der Waals surface area contributed by atoms with Crippen LogP contribution in [0.3, 0.4) is 0 Å². The summed E-state index contributed by atoms with van der Waals surface area (Å²) in [5.41, 5.74) is 2.49. The summed E-state index contributed by atoms with van der Waals surface area (Å²) in [4.78, 5) is 9.74. The van der Waals surface area contributed by atoms with Crippen molar-refractivity contribution in [1.82, 2.24) is 9.55 Å². The molecule has 0 aliphatic carbocycles. The molecule has 1 aliphatic rings. The largest absolute Gasteiger partial charge is 0.393 e. The van der Waals surface area contributed by atoms with Gasteiger partial charge in [0.05, 0.1) is 24.5 Å². The summed E-state index contributed by atoms with van der Waals surface area (Å²) in [6, 6.07) is 15.1. The van der Waals surface area contributed by atoms with E-state index in [1.807, 2.05) is 54.1 Å². The minimum Gasteiger partial charge on any atom is -0.393 e. The fourth-order valence-corrected chi connectivity index (χ4v) is 3.85. The lowest BCUT2D eigenvalue weighted by Gasteiger charge is -2.24. The Kier molecular flexibility index (Phi) is 6.39. The molecule has 0 bridgehead atoms. The molecule has 2 aromatic carbocycles. The van der Waals surface area contributed by atoms with Crippen LogP contribution in [-0.4, -0.2) is 34.6 Å². The lowest BCUT2D eigenvalue weighted by Crippen LogP contribution is -2.26. The van der Waals surface area contributed by atoms with E-state index in [2.05, 4.69) is 10.1 Å². The zero-order chi connectivity index (χ0) is 21.0. The molecule has 0 radical (unpaired) electrons. The highest BCUT2D eigenvalue weighted by Gasteiger charge is 2.40. The number of ether oxygens (including phenoxy) is 2. The van der Waals surface area contributed by atoms with Gasteiger partial charge in [-0.25, -0.2) is 4.98 Å². The fourth-order valence-electron chi connectivity index (χ4n) is 3.27. The second-order valence-corrected chi connectivity index (χ2v) is 7.90. The van der Waals surface area contributed by atoms with Crippen molar-refractivity contribution in [1.29, 1.82) is 0 Å². The SMILES string of the molecule is CC1(c2ccc(Cl)cc2Cl)OCC(CO/N=C(/Cn2ccnc2)c2ccccc2)O1. The summed E-state index contributed by atoms with van der Waals surface area (Å²) in [7, 11) is 0. The van der Waals surface area contributed by atoms with E-state index in [0.29, 0.717) is 23.2 Å². The summed E-state index contributed by atoms with van der Waals surface area (Å²) in [6.07, 6.45) is 5.08. The van der Waals surface area contributed by atoms with Gasteiger partial charge in [0.1, 0.15) is 18.4 Å². The molecule has 0 amide bonds. The Labute approximate surface area is 185 Å². The molecule has 1 aliphatic heterocycles. The van der Waals surface area contributed by atoms with E-state index in [0.717, 1.165) is 16.8 Å². The smallest absolute Gasteiger partial charge is 0.194 e. The van der Waals surface area contributed by atoms with Crippen molar-refractivity contribution in [3.63, 3.8) is 0 Å². The van der Waals surface area contributed by atoms with Gasteiger partial charge in [-0.3, -0.25) is 0 Å². The minimum absolute atomic E-state index is 0.251. The molecule has 6 nitrogen and oxygen atoms in total. The number of halogens is 2. The van der Waals surface area contributed by atoms with Crippen molar-refractivity contribution in [3.8, 4) is 0 Å². The maximum Gasteiger partial charge on any atom is 0.194 e. The summed E-state index contributed by atoms with van der Waals surface area (Å²) < 4.78 is 13.9. The number of oxime groups is 1. The van der Waals surface area contributed by atoms with Gasteiger partial charge in [0.15, 0.2) is 5.79 Å². The molecule has 2 atom stereocenters. The van der Waals surface area contributed by atoms with Gasteiger partial charge in [0, 0.05) is 28.5 Å². The number of hydrogen-bond acceptors (Lipinski definition) is 5. The van der Waals surface area contributed by atoms with E-state index >= 15 is 0 Å². The van der Waals surface area contributed by atoms with Crippen LogP contribution in [0, 0.1) is 0 Å². The number of nitrogens with zero attached hydrogens (tertiary/aromatic N) is 3. The van der Waals surface area contributed by atoms with Crippen LogP contribution in [-0.2, 0) is 26.6 Å². The van der Waals surface area contributed by atoms with Crippen molar-refractivity contribution >= 4 is 28.9 Å². The predicted molar refractivity (Wildman–Crippen MR) is 116 cm³/mol. The molecule has 0 N–H and O–H groups in total. The van der Waals surface area contributed by atoms with Gasteiger partial charge in [-0.2, -0.15) is 0 Å². The molecular weight excluding hydrogens is 425 g/mol. The minimum atomic E-state index is -0.960. The first kappa shape index (κ1) is 20.9. The van der Waals surface area contributed by atoms with E-state index in [9.17, 15) is 0 Å². The second-order valence-electron chi connectivity index (χ2n) is 7.06. The highest BCUT2D eigenvalue weighted by Crippen LogP contribution is 2.38. The van der Waals surface area contributed by atoms with Crippen LogP contribution in [0.2, 0.25) is 10.0 Å². The van der Waals surface area contributed by atoms with E-state index in [1.165, 1.54) is 0 Å². The first-order chi connectivity index (χ1) is 14.5. The number of hydrogen-bond donors (Lipinski definition) is 0. The Bertz CT molecular complexity index is 1010. The highest BCUT2D eigenvalue weighted by molar-refractivity contribution is 6.35. The predicted octanol–water partition coefficient (Wildman–Crippen LogP) is 4.90. The van der Waals surface area contributed by atoms with Crippen molar-refractivity contribution in [2.24, 2.45) is 5.16 Å². The molecule has 2 unspecified atom stereocenters. The monoisotopic (exact) mass is 445 g/mol. The molecule has 1 fully saturated rings. The summed E-state index contributed by atoms with van der Waals surface area (Å²) in [5.74, 6) is -0.960. The highest BCUT2D eigenvalue weighted by atomic mass is 35.5. The Morgan fingerprint density at radius 2 is 2.10 bits per heavy atom. The maximum absolute atomic E-state index is 6.32. The van der Waals surface area contributed by atoms with Crippen LogP contribution >= 0.6 is 23.2 Å². The van der Waals surface area contributed by atoms with Gasteiger partial charge in [-0.1, -0.05) is 64.8 Å². The first-order valence-electron chi connectivity index (χ1n) is 9.51. The van der Waals surface area contributed by atoms with Gasteiger partial charge in [0.25, 0.3) is 0 Å². The Balaban J connectivity index is 1.42. The summed E-state index contributed by atoms with van der Waals surface area (Å²) in [6.45, 7) is 3.00. The molecule has 156 valence electrons. The van der Waals surface area contributed by atoms with Crippen molar-refractivity contribution in [3.05, 3.63) is 88.4 Å². The number of aromatic nitrogens is 2. The van der Waals surface area contributed by atoms with Crippen LogP contribution in [0.15, 0.2) is 72.4 Å². The molecule has 30 heavy (non-hydrogen) atoms. The van der Waals surface area contributed by atoms with E-state index < -0.39 is 5.79 Å². The molecule has 2 heterocycles. The molecule has 4 rings (SSSR count). The molecule has 8 heteroatoms. The van der Waals surface area contributed by atoms with Gasteiger partial charge < -0.3 is 18.9 Å². The topological polar surface area (TPSA) is 57.9 Å². The summed E-state index contributed by atoms with van der Waals surface area (Å²) >= 11 is 12.3. The first-order valence-corrected chi connectivity index (χ1v) is 10.3. The third kappa shape index (κ3) is 4.84. The van der Waals surface area contributed by atoms with Crippen LogP contribution < -0.4 is 0 Å². The van der Waals surface area contributed by atoms with E-state index in [4.69, 9.17) is 37.5 Å². The van der Waals surface area contributed by atoms with Gasteiger partial charge in [0.2, 0.25) is 0 Å². The third-order valence-corrected chi connectivity index (χ3v) is 5.34. The number of rotatable bonds is 7. The number of imidazole rings is 1. The lowest BCUT2D eigenvalue weighted by molar-refractivity contribution is -0.167. The van der Waals surface area contributed by atoms with Crippen LogP contribution in [0.1, 0.15) is 18.1 Å². The normalized spacial score (nSPS) is 21.7. The average molecular weight is 446 g/mol. The van der Waals surface area contributed by atoms with E-state index in [1.54, 1.807) is 24.7 Å². The molecule has 0 saturated carbocycles. The van der Waals surface area contributed by atoms with Gasteiger partial charge >= 0.3 is 0 Å². The lowest BCUT2D eigenvalue weighted by atomic mass is 10.1. The van der Waals surface area contributed by atoms with Crippen molar-refractivity contribution in [2.75, 3.05) is 13.2 Å². The van der Waals surface area contributed by atoms with Crippen molar-refractivity contribution in [2.45, 2.75) is 25.4 Å². The average Bonchev–Trinajstić information content (AvgIpc) is 3.38. The van der Waals surface area contributed by atoms with Crippen LogP contribution in [0.25, 0.3) is 0 Å². The molecule has 1 saturated heterocycles. The standard InChI is InChI=1S/C22H21Cl2N3O3/c1-22(19-8-7-17(23)11-20(19)24)28-13-18(30-22)14-29-26-21(12-27-10-9-25-15-27)16-5-3-2-4-6-16/h2-11,15,18H,12-14H2,1H3/b26-21-. The van der Waals surface area contributed by atoms with Gasteiger partial charge in [-0.15, -0.1) is 0 Å². The van der Waals surface area contributed by atoms with Gasteiger partial charge in [-0.05, 0) is 19.1 Å². The zero-order valence-electron chi connectivity index (χ0n) is 16.4. The second kappa shape index (κ2) is 9.18. The molecule has 3 aromatic rings. The molecular formula is C22H21Cl2N3O3. The molecule has 1 aromatic heterocycles. The van der Waals surface area contributed by atoms with Crippen LogP contribution in [0.4, 0.5) is 0 Å². The third-order valence-electron chi connectivity index (χ3n) is 4.79. The van der Waals surface area contributed by atoms with E-state index in [-0.39, 0.29) is 12.7 Å². The maximum atomic E-state index is 6.32. The fraction of sp³-hybridized carbons (Fsp3) is 0.273. The zero-order valence-corrected chi connectivity index (χ0v) is 17.9. The Morgan fingerprint density at radius 1 is 1.27 bits per heavy atom. The Morgan fingerprint density at radius 3 is 2.83 bits per heavy atom. The van der Waals surface area contributed by atoms with Crippen molar-refractivity contribution < 1.29 is 14.3 Å². The molecule has 0 spiro atoms. The Hall–Kier alpha value is -2.38. The van der Waals surface area contributed by atoms with Crippen LogP contribution in [0.5, 0.6) is 0 Å².